The first-order chi connectivity index (χ1) is 15.7. The molecule has 1 aliphatic carbocycles. The summed E-state index contributed by atoms with van der Waals surface area (Å²) in [5.41, 5.74) is -0.939. The SMILES string of the molecule is Cl.Cn1cnc(S(=O)(=O)N2CCN(C3(CNC(=O)c4c(F)cccc4F)CCCCC3)CC2)c1. The molecule has 12 heteroatoms. The van der Waals surface area contributed by atoms with E-state index in [0.717, 1.165) is 44.2 Å². The molecule has 0 radical (unpaired) electrons. The zero-order valence-electron chi connectivity index (χ0n) is 19.0. The van der Waals surface area contributed by atoms with Gasteiger partial charge in [0.15, 0.2) is 5.03 Å². The molecule has 1 aliphatic heterocycles. The molecule has 1 saturated heterocycles. The summed E-state index contributed by atoms with van der Waals surface area (Å²) in [7, 11) is -1.94. The number of amides is 1. The molecule has 8 nitrogen and oxygen atoms in total. The molecule has 0 atom stereocenters. The van der Waals surface area contributed by atoms with Gasteiger partial charge in [-0.3, -0.25) is 9.69 Å². The van der Waals surface area contributed by atoms with Crippen LogP contribution in [0.1, 0.15) is 42.5 Å². The van der Waals surface area contributed by atoms with Crippen molar-refractivity contribution >= 4 is 28.3 Å². The summed E-state index contributed by atoms with van der Waals surface area (Å²) >= 11 is 0. The van der Waals surface area contributed by atoms with E-state index in [0.29, 0.717) is 26.2 Å². The Morgan fingerprint density at radius 2 is 1.71 bits per heavy atom. The fourth-order valence-electron chi connectivity index (χ4n) is 4.92. The average Bonchev–Trinajstić information content (AvgIpc) is 3.25. The Morgan fingerprint density at radius 1 is 1.09 bits per heavy atom. The number of imidazole rings is 1. The number of hydrogen-bond donors (Lipinski definition) is 1. The van der Waals surface area contributed by atoms with Crippen molar-refractivity contribution in [2.75, 3.05) is 32.7 Å². The van der Waals surface area contributed by atoms with E-state index >= 15 is 0 Å². The number of aryl methyl sites for hydroxylation is 1. The summed E-state index contributed by atoms with van der Waals surface area (Å²) in [6.45, 7) is 1.91. The number of sulfonamides is 1. The van der Waals surface area contributed by atoms with Gasteiger partial charge in [-0.25, -0.2) is 22.2 Å². The Bertz CT molecular complexity index is 1090. The maximum absolute atomic E-state index is 14.0. The second-order valence-corrected chi connectivity index (χ2v) is 10.7. The van der Waals surface area contributed by atoms with E-state index in [1.165, 1.54) is 22.9 Å². The van der Waals surface area contributed by atoms with Crippen molar-refractivity contribution in [3.05, 3.63) is 47.9 Å². The number of carbonyl (C=O) groups is 1. The summed E-state index contributed by atoms with van der Waals surface area (Å²) in [6, 6.07) is 3.35. The minimum Gasteiger partial charge on any atom is -0.350 e. The number of aromatic nitrogens is 2. The predicted molar refractivity (Wildman–Crippen MR) is 125 cm³/mol. The van der Waals surface area contributed by atoms with Gasteiger partial charge in [0, 0.05) is 51.5 Å². The smallest absolute Gasteiger partial charge is 0.262 e. The molecule has 2 heterocycles. The lowest BCUT2D eigenvalue weighted by molar-refractivity contribution is 0.0239. The van der Waals surface area contributed by atoms with Gasteiger partial charge < -0.3 is 9.88 Å². The molecule has 1 saturated carbocycles. The molecule has 1 aromatic carbocycles. The van der Waals surface area contributed by atoms with Gasteiger partial charge in [-0.1, -0.05) is 25.3 Å². The van der Waals surface area contributed by atoms with Gasteiger partial charge in [-0.2, -0.15) is 4.31 Å². The minimum atomic E-state index is -3.66. The lowest BCUT2D eigenvalue weighted by Gasteiger charge is -2.49. The highest BCUT2D eigenvalue weighted by Gasteiger charge is 2.41. The second kappa shape index (κ2) is 10.7. The molecule has 1 amide bonds. The Labute approximate surface area is 204 Å². The van der Waals surface area contributed by atoms with E-state index in [9.17, 15) is 22.0 Å². The lowest BCUT2D eigenvalue weighted by atomic mass is 9.79. The number of piperazine rings is 1. The minimum absolute atomic E-state index is 0. The van der Waals surface area contributed by atoms with Crippen LogP contribution >= 0.6 is 12.4 Å². The molecular weight excluding hydrogens is 488 g/mol. The highest BCUT2D eigenvalue weighted by atomic mass is 35.5. The third kappa shape index (κ3) is 5.27. The van der Waals surface area contributed by atoms with E-state index in [1.807, 2.05) is 0 Å². The van der Waals surface area contributed by atoms with E-state index in [4.69, 9.17) is 0 Å². The highest BCUT2D eigenvalue weighted by Crippen LogP contribution is 2.34. The van der Waals surface area contributed by atoms with E-state index < -0.39 is 33.1 Å². The zero-order chi connectivity index (χ0) is 23.6. The average molecular weight is 518 g/mol. The molecule has 1 aromatic heterocycles. The van der Waals surface area contributed by atoms with Crippen molar-refractivity contribution in [2.24, 2.45) is 7.05 Å². The first-order valence-electron chi connectivity index (χ1n) is 11.2. The third-order valence-corrected chi connectivity index (χ3v) is 8.53. The number of nitrogens with one attached hydrogen (secondary N) is 1. The van der Waals surface area contributed by atoms with E-state index in [1.54, 1.807) is 11.6 Å². The van der Waals surface area contributed by atoms with Crippen molar-refractivity contribution in [1.82, 2.24) is 24.1 Å². The summed E-state index contributed by atoms with van der Waals surface area (Å²) in [4.78, 5) is 18.8. The number of hydrogen-bond acceptors (Lipinski definition) is 5. The quantitative estimate of drug-likeness (QED) is 0.636. The largest absolute Gasteiger partial charge is 0.350 e. The van der Waals surface area contributed by atoms with Crippen LogP contribution in [-0.2, 0) is 17.1 Å². The topological polar surface area (TPSA) is 87.5 Å². The fourth-order valence-corrected chi connectivity index (χ4v) is 6.31. The molecule has 188 valence electrons. The van der Waals surface area contributed by atoms with Crippen molar-refractivity contribution in [3.63, 3.8) is 0 Å². The molecule has 0 bridgehead atoms. The Balaban J connectivity index is 0.00000324. The summed E-state index contributed by atoms with van der Waals surface area (Å²) in [5.74, 6) is -2.55. The predicted octanol–water partition coefficient (Wildman–Crippen LogP) is 2.56. The first-order valence-corrected chi connectivity index (χ1v) is 12.6. The van der Waals surface area contributed by atoms with Crippen molar-refractivity contribution in [3.8, 4) is 0 Å². The highest BCUT2D eigenvalue weighted by molar-refractivity contribution is 7.89. The van der Waals surface area contributed by atoms with E-state index in [2.05, 4.69) is 15.2 Å². The molecular formula is C22H30ClF2N5O3S. The number of halogens is 3. The van der Waals surface area contributed by atoms with Crippen LogP contribution < -0.4 is 5.32 Å². The Kier molecular flexibility index (Phi) is 8.33. The molecule has 2 aromatic rings. The molecule has 2 aliphatic rings. The zero-order valence-corrected chi connectivity index (χ0v) is 20.7. The van der Waals surface area contributed by atoms with Gasteiger partial charge in [0.1, 0.15) is 17.2 Å². The van der Waals surface area contributed by atoms with Gasteiger partial charge >= 0.3 is 0 Å². The van der Waals surface area contributed by atoms with Crippen LogP contribution in [0, 0.1) is 11.6 Å². The second-order valence-electron chi connectivity index (χ2n) is 8.83. The first kappa shape index (κ1) is 26.5. The maximum Gasteiger partial charge on any atom is 0.262 e. The molecule has 2 fully saturated rings. The summed E-state index contributed by atoms with van der Waals surface area (Å²) in [6.07, 6.45) is 7.67. The number of rotatable bonds is 6. The summed E-state index contributed by atoms with van der Waals surface area (Å²) in [5, 5.41) is 2.79. The van der Waals surface area contributed by atoms with Crippen LogP contribution in [0.2, 0.25) is 0 Å². The van der Waals surface area contributed by atoms with E-state index in [-0.39, 0.29) is 29.5 Å². The van der Waals surface area contributed by atoms with Crippen molar-refractivity contribution < 1.29 is 22.0 Å². The fraction of sp³-hybridized carbons (Fsp3) is 0.545. The number of nitrogens with zero attached hydrogens (tertiary/aromatic N) is 4. The van der Waals surface area contributed by atoms with Gasteiger partial charge in [0.05, 0.1) is 6.33 Å². The van der Waals surface area contributed by atoms with Crippen LogP contribution in [0.5, 0.6) is 0 Å². The van der Waals surface area contributed by atoms with Crippen molar-refractivity contribution in [1.29, 1.82) is 0 Å². The van der Waals surface area contributed by atoms with Gasteiger partial charge in [-0.05, 0) is 25.0 Å². The monoisotopic (exact) mass is 517 g/mol. The summed E-state index contributed by atoms with van der Waals surface area (Å²) < 4.78 is 56.9. The van der Waals surface area contributed by atoms with Crippen LogP contribution in [0.25, 0.3) is 0 Å². The number of carbonyl (C=O) groups excluding carboxylic acids is 1. The van der Waals surface area contributed by atoms with Gasteiger partial charge in [-0.15, -0.1) is 12.4 Å². The van der Waals surface area contributed by atoms with Crippen LogP contribution in [-0.4, -0.2) is 71.3 Å². The molecule has 4 rings (SSSR count). The lowest BCUT2D eigenvalue weighted by Crippen LogP contribution is -2.62. The standard InChI is InChI=1S/C22H29F2N5O3S.ClH/c1-27-14-19(26-16-27)33(31,32)29-12-10-28(11-13-29)22(8-3-2-4-9-22)15-25-21(30)20-17(23)6-5-7-18(20)24;/h5-7,14,16H,2-4,8-13,15H2,1H3,(H,25,30);1H. The van der Waals surface area contributed by atoms with Gasteiger partial charge in [0.2, 0.25) is 0 Å². The molecule has 34 heavy (non-hydrogen) atoms. The Hall–Kier alpha value is -2.08. The normalized spacial score (nSPS) is 19.4. The Morgan fingerprint density at radius 3 is 2.26 bits per heavy atom. The molecule has 0 unspecified atom stereocenters. The van der Waals surface area contributed by atoms with Crippen LogP contribution in [0.4, 0.5) is 8.78 Å². The number of benzene rings is 1. The van der Waals surface area contributed by atoms with Crippen LogP contribution in [0.15, 0.2) is 35.7 Å². The maximum atomic E-state index is 14.0. The van der Waals surface area contributed by atoms with Crippen molar-refractivity contribution in [2.45, 2.75) is 42.7 Å². The third-order valence-electron chi connectivity index (χ3n) is 6.75. The van der Waals surface area contributed by atoms with Gasteiger partial charge in [0.25, 0.3) is 15.9 Å². The molecule has 0 spiro atoms. The van der Waals surface area contributed by atoms with Crippen LogP contribution in [0.3, 0.4) is 0 Å². The molecule has 1 N–H and O–H groups in total.